The van der Waals surface area contributed by atoms with Crippen LogP contribution in [0.3, 0.4) is 0 Å². The van der Waals surface area contributed by atoms with Gasteiger partial charge in [0.2, 0.25) is 0 Å². The van der Waals surface area contributed by atoms with Gasteiger partial charge in [-0.25, -0.2) is 0 Å². The summed E-state index contributed by atoms with van der Waals surface area (Å²) in [6.45, 7) is 15.4. The third-order valence-corrected chi connectivity index (χ3v) is 13.7. The summed E-state index contributed by atoms with van der Waals surface area (Å²) < 4.78 is 0. The van der Waals surface area contributed by atoms with E-state index in [0.717, 1.165) is 19.3 Å². The van der Waals surface area contributed by atoms with E-state index in [1.807, 2.05) is 20.8 Å². The molecule has 5 saturated carbocycles. The Bertz CT molecular complexity index is 839. The van der Waals surface area contributed by atoms with E-state index in [-0.39, 0.29) is 35.5 Å². The molecular formula is C30H52O5. The van der Waals surface area contributed by atoms with Crippen molar-refractivity contribution in [3.8, 4) is 0 Å². The highest BCUT2D eigenvalue weighted by Gasteiger charge is 2.71. The number of hydrogen-bond acceptors (Lipinski definition) is 5. The molecule has 0 aromatic rings. The average molecular weight is 493 g/mol. The summed E-state index contributed by atoms with van der Waals surface area (Å²) in [5.74, 6) is 3.12. The standard InChI is InChI=1S/C30H52O5/c1-16(23-15-28(23,6)17(2)26(3,4)34)20-8-9-21-19-13-25(33)30(35)14-18(31)12-24(32)29(30,7)22(19)10-11-27(20,21)5/h16-25,31-35H,8-15H2,1-7H3. The third kappa shape index (κ3) is 3.43. The zero-order chi connectivity index (χ0) is 25.9. The van der Waals surface area contributed by atoms with Crippen LogP contribution in [0, 0.1) is 57.7 Å². The second-order valence-corrected chi connectivity index (χ2v) is 15.2. The molecule has 5 rings (SSSR count). The van der Waals surface area contributed by atoms with Crippen LogP contribution in [0.4, 0.5) is 0 Å². The first-order chi connectivity index (χ1) is 16.0. The van der Waals surface area contributed by atoms with Crippen LogP contribution < -0.4 is 0 Å². The van der Waals surface area contributed by atoms with Crippen molar-refractivity contribution in [1.29, 1.82) is 0 Å². The van der Waals surface area contributed by atoms with Gasteiger partial charge in [-0.15, -0.1) is 0 Å². The summed E-state index contributed by atoms with van der Waals surface area (Å²) in [5.41, 5.74) is -2.46. The minimum absolute atomic E-state index is 0.159. The Balaban J connectivity index is 1.39. The zero-order valence-corrected chi connectivity index (χ0v) is 23.2. The number of aliphatic hydroxyl groups is 5. The largest absolute Gasteiger partial charge is 0.393 e. The van der Waals surface area contributed by atoms with Crippen molar-refractivity contribution in [3.05, 3.63) is 0 Å². The van der Waals surface area contributed by atoms with Gasteiger partial charge in [-0.05, 0) is 111 Å². The van der Waals surface area contributed by atoms with Crippen LogP contribution in [0.25, 0.3) is 0 Å². The minimum atomic E-state index is -1.42. The Labute approximate surface area is 212 Å². The zero-order valence-electron chi connectivity index (χ0n) is 23.2. The number of fused-ring (bicyclic) bond motifs is 5. The van der Waals surface area contributed by atoms with Crippen molar-refractivity contribution in [2.75, 3.05) is 0 Å². The Morgan fingerprint density at radius 2 is 1.49 bits per heavy atom. The van der Waals surface area contributed by atoms with Gasteiger partial charge in [0.25, 0.3) is 0 Å². The lowest BCUT2D eigenvalue weighted by molar-refractivity contribution is -0.295. The van der Waals surface area contributed by atoms with Gasteiger partial charge in [0.05, 0.1) is 23.9 Å². The van der Waals surface area contributed by atoms with Crippen molar-refractivity contribution >= 4 is 0 Å². The van der Waals surface area contributed by atoms with Crippen molar-refractivity contribution in [1.82, 2.24) is 0 Å². The Hall–Kier alpha value is -0.200. The average Bonchev–Trinajstić information content (AvgIpc) is 3.31. The van der Waals surface area contributed by atoms with Crippen LogP contribution >= 0.6 is 0 Å². The van der Waals surface area contributed by atoms with Crippen LogP contribution in [0.15, 0.2) is 0 Å². The molecule has 0 spiro atoms. The molecule has 202 valence electrons. The molecule has 14 unspecified atom stereocenters. The number of aliphatic hydroxyl groups excluding tert-OH is 3. The van der Waals surface area contributed by atoms with Gasteiger partial charge in [0.15, 0.2) is 0 Å². The van der Waals surface area contributed by atoms with Gasteiger partial charge in [-0.1, -0.05) is 34.6 Å². The Morgan fingerprint density at radius 1 is 0.829 bits per heavy atom. The van der Waals surface area contributed by atoms with Crippen molar-refractivity contribution < 1.29 is 25.5 Å². The molecule has 35 heavy (non-hydrogen) atoms. The van der Waals surface area contributed by atoms with E-state index in [2.05, 4.69) is 27.7 Å². The van der Waals surface area contributed by atoms with Crippen molar-refractivity contribution in [2.24, 2.45) is 57.7 Å². The van der Waals surface area contributed by atoms with Gasteiger partial charge in [0, 0.05) is 11.8 Å². The predicted octanol–water partition coefficient (Wildman–Crippen LogP) is 4.13. The van der Waals surface area contributed by atoms with E-state index < -0.39 is 34.9 Å². The molecule has 5 fully saturated rings. The van der Waals surface area contributed by atoms with Crippen LogP contribution in [0.1, 0.15) is 99.8 Å². The van der Waals surface area contributed by atoms with Crippen LogP contribution in [-0.4, -0.2) is 55.0 Å². The molecular weight excluding hydrogens is 440 g/mol. The minimum Gasteiger partial charge on any atom is -0.393 e. The summed E-state index contributed by atoms with van der Waals surface area (Å²) in [6, 6.07) is 0. The lowest BCUT2D eigenvalue weighted by atomic mass is 9.41. The molecule has 5 aliphatic carbocycles. The molecule has 0 saturated heterocycles. The normalized spacial score (nSPS) is 57.6. The van der Waals surface area contributed by atoms with E-state index in [9.17, 15) is 25.5 Å². The fraction of sp³-hybridized carbons (Fsp3) is 1.00. The first-order valence-electron chi connectivity index (χ1n) is 14.5. The topological polar surface area (TPSA) is 101 Å². The summed E-state index contributed by atoms with van der Waals surface area (Å²) in [4.78, 5) is 0. The molecule has 0 aliphatic heterocycles. The summed E-state index contributed by atoms with van der Waals surface area (Å²) >= 11 is 0. The summed E-state index contributed by atoms with van der Waals surface area (Å²) in [5, 5.41) is 55.3. The molecule has 5 heteroatoms. The first-order valence-corrected chi connectivity index (χ1v) is 14.5. The molecule has 0 amide bonds. The molecule has 0 aromatic carbocycles. The summed E-state index contributed by atoms with van der Waals surface area (Å²) in [6.07, 6.45) is 4.21. The van der Waals surface area contributed by atoms with Gasteiger partial charge < -0.3 is 25.5 Å². The first kappa shape index (κ1) is 26.4. The maximum absolute atomic E-state index is 11.7. The fourth-order valence-electron chi connectivity index (χ4n) is 11.0. The number of rotatable bonds is 4. The lowest BCUT2D eigenvalue weighted by Gasteiger charge is -2.66. The fourth-order valence-corrected chi connectivity index (χ4v) is 11.0. The Kier molecular flexibility index (Phi) is 5.97. The highest BCUT2D eigenvalue weighted by Crippen LogP contribution is 2.72. The van der Waals surface area contributed by atoms with E-state index >= 15 is 0 Å². The molecule has 5 N–H and O–H groups in total. The third-order valence-electron chi connectivity index (χ3n) is 13.7. The summed E-state index contributed by atoms with van der Waals surface area (Å²) in [7, 11) is 0. The van der Waals surface area contributed by atoms with E-state index in [4.69, 9.17) is 0 Å². The quantitative estimate of drug-likeness (QED) is 0.406. The van der Waals surface area contributed by atoms with E-state index in [1.54, 1.807) is 0 Å². The van der Waals surface area contributed by atoms with Gasteiger partial charge >= 0.3 is 0 Å². The molecule has 5 nitrogen and oxygen atoms in total. The maximum atomic E-state index is 11.7. The highest BCUT2D eigenvalue weighted by atomic mass is 16.4. The highest BCUT2D eigenvalue weighted by molar-refractivity contribution is 5.20. The molecule has 0 aromatic heterocycles. The SMILES string of the molecule is CC(C1CCC2C3CC(O)C4(O)CC(O)CC(O)C4(C)C3CCC12C)C1CC1(C)C(C)C(C)(C)O. The van der Waals surface area contributed by atoms with Gasteiger partial charge in [-0.2, -0.15) is 0 Å². The molecule has 0 radical (unpaired) electrons. The van der Waals surface area contributed by atoms with Gasteiger partial charge in [0.1, 0.15) is 5.60 Å². The molecule has 5 aliphatic rings. The molecule has 14 atom stereocenters. The number of hydrogen-bond donors (Lipinski definition) is 5. The maximum Gasteiger partial charge on any atom is 0.101 e. The van der Waals surface area contributed by atoms with E-state index in [1.165, 1.54) is 12.8 Å². The van der Waals surface area contributed by atoms with Crippen molar-refractivity contribution in [3.63, 3.8) is 0 Å². The second kappa shape index (κ2) is 7.91. The monoisotopic (exact) mass is 492 g/mol. The lowest BCUT2D eigenvalue weighted by Crippen LogP contribution is -2.72. The van der Waals surface area contributed by atoms with Gasteiger partial charge in [-0.3, -0.25) is 0 Å². The van der Waals surface area contributed by atoms with E-state index in [0.29, 0.717) is 36.0 Å². The van der Waals surface area contributed by atoms with Crippen LogP contribution in [0.2, 0.25) is 0 Å². The van der Waals surface area contributed by atoms with Crippen LogP contribution in [0.5, 0.6) is 0 Å². The Morgan fingerprint density at radius 3 is 2.11 bits per heavy atom. The van der Waals surface area contributed by atoms with Crippen LogP contribution in [-0.2, 0) is 0 Å². The second-order valence-electron chi connectivity index (χ2n) is 15.2. The molecule has 0 bridgehead atoms. The smallest absolute Gasteiger partial charge is 0.101 e. The predicted molar refractivity (Wildman–Crippen MR) is 136 cm³/mol. The van der Waals surface area contributed by atoms with Crippen molar-refractivity contribution in [2.45, 2.75) is 129 Å². The molecule has 0 heterocycles.